The molecule has 1 aromatic rings. The van der Waals surface area contributed by atoms with E-state index in [1.807, 2.05) is 6.07 Å². The van der Waals surface area contributed by atoms with Crippen LogP contribution in [0.25, 0.3) is 0 Å². The first kappa shape index (κ1) is 16.9. The van der Waals surface area contributed by atoms with Gasteiger partial charge < -0.3 is 4.90 Å². The smallest absolute Gasteiger partial charge is 0.260 e. The van der Waals surface area contributed by atoms with Crippen molar-refractivity contribution in [3.63, 3.8) is 0 Å². The van der Waals surface area contributed by atoms with Gasteiger partial charge in [-0.2, -0.15) is 0 Å². The lowest BCUT2D eigenvalue weighted by molar-refractivity contribution is -0.142. The Morgan fingerprint density at radius 2 is 1.96 bits per heavy atom. The zero-order valence-corrected chi connectivity index (χ0v) is 15.7. The van der Waals surface area contributed by atoms with Crippen LogP contribution in [0.4, 0.5) is 5.69 Å². The van der Waals surface area contributed by atoms with Crippen LogP contribution in [0.1, 0.15) is 32.3 Å². The number of piperidine rings is 1. The Hall–Kier alpha value is -1.59. The third-order valence-electron chi connectivity index (χ3n) is 6.33. The highest BCUT2D eigenvalue weighted by molar-refractivity contribution is 5.89. The predicted molar refractivity (Wildman–Crippen MR) is 100 cm³/mol. The zero-order chi connectivity index (χ0) is 17.8. The number of piperazine rings is 1. The molecule has 3 heterocycles. The molecule has 0 spiro atoms. The van der Waals surface area contributed by atoms with Crippen LogP contribution in [0.3, 0.4) is 0 Å². The number of hydrogen-bond donors (Lipinski definition) is 1. The summed E-state index contributed by atoms with van der Waals surface area (Å²) < 4.78 is 0. The molecule has 5 heteroatoms. The molecule has 2 atom stereocenters. The SMILES string of the molecule is CN1CC2C[CH]CC(C(=O)NN3CC(C)(C)c4ccccc43)(C1)N2C. The van der Waals surface area contributed by atoms with Crippen molar-refractivity contribution in [1.82, 2.24) is 15.2 Å². The largest absolute Gasteiger partial charge is 0.302 e. The van der Waals surface area contributed by atoms with Crippen LogP contribution in [-0.4, -0.2) is 61.0 Å². The van der Waals surface area contributed by atoms with Gasteiger partial charge in [0.25, 0.3) is 5.91 Å². The molecule has 0 aliphatic carbocycles. The van der Waals surface area contributed by atoms with Crippen molar-refractivity contribution < 1.29 is 4.79 Å². The number of anilines is 1. The fourth-order valence-electron chi connectivity index (χ4n) is 4.91. The summed E-state index contributed by atoms with van der Waals surface area (Å²) in [5, 5.41) is 2.05. The van der Waals surface area contributed by atoms with E-state index < -0.39 is 5.54 Å². The van der Waals surface area contributed by atoms with Crippen molar-refractivity contribution in [1.29, 1.82) is 0 Å². The van der Waals surface area contributed by atoms with Crippen molar-refractivity contribution in [2.45, 2.75) is 43.7 Å². The van der Waals surface area contributed by atoms with Crippen molar-refractivity contribution in [2.24, 2.45) is 0 Å². The van der Waals surface area contributed by atoms with Gasteiger partial charge in [0, 0.05) is 31.1 Å². The molecule has 2 unspecified atom stereocenters. The minimum absolute atomic E-state index is 0.0397. The average Bonchev–Trinajstić information content (AvgIpc) is 2.80. The number of nitrogens with zero attached hydrogens (tertiary/aromatic N) is 3. The van der Waals surface area contributed by atoms with E-state index in [0.717, 1.165) is 38.2 Å². The first-order valence-electron chi connectivity index (χ1n) is 9.25. The Balaban J connectivity index is 1.60. The minimum Gasteiger partial charge on any atom is -0.302 e. The van der Waals surface area contributed by atoms with E-state index in [9.17, 15) is 4.79 Å². The predicted octanol–water partition coefficient (Wildman–Crippen LogP) is 1.80. The summed E-state index contributed by atoms with van der Waals surface area (Å²) >= 11 is 0. The van der Waals surface area contributed by atoms with Crippen molar-refractivity contribution in [2.75, 3.05) is 38.7 Å². The van der Waals surface area contributed by atoms with E-state index in [1.165, 1.54) is 5.56 Å². The number of fused-ring (bicyclic) bond motifs is 3. The van der Waals surface area contributed by atoms with E-state index in [-0.39, 0.29) is 11.3 Å². The van der Waals surface area contributed by atoms with Gasteiger partial charge in [-0.3, -0.25) is 20.1 Å². The lowest BCUT2D eigenvalue weighted by atomic mass is 9.79. The van der Waals surface area contributed by atoms with Crippen LogP contribution in [0.15, 0.2) is 24.3 Å². The van der Waals surface area contributed by atoms with Crippen molar-refractivity contribution in [3.8, 4) is 0 Å². The van der Waals surface area contributed by atoms with Gasteiger partial charge in [-0.15, -0.1) is 0 Å². The summed E-state index contributed by atoms with van der Waals surface area (Å²) in [5.74, 6) is 0.120. The Kier molecular flexibility index (Phi) is 3.85. The maximum absolute atomic E-state index is 13.4. The van der Waals surface area contributed by atoms with E-state index in [2.05, 4.69) is 72.8 Å². The third-order valence-corrected chi connectivity index (χ3v) is 6.33. The van der Waals surface area contributed by atoms with Crippen molar-refractivity contribution in [3.05, 3.63) is 36.2 Å². The molecule has 3 aliphatic heterocycles. The quantitative estimate of drug-likeness (QED) is 0.890. The van der Waals surface area contributed by atoms with E-state index in [4.69, 9.17) is 0 Å². The van der Waals surface area contributed by atoms with Gasteiger partial charge >= 0.3 is 0 Å². The summed E-state index contributed by atoms with van der Waals surface area (Å²) in [6.07, 6.45) is 4.18. The van der Waals surface area contributed by atoms with Crippen LogP contribution >= 0.6 is 0 Å². The number of para-hydroxylation sites is 1. The number of hydrogen-bond acceptors (Lipinski definition) is 4. The number of carbonyl (C=O) groups is 1. The molecule has 5 nitrogen and oxygen atoms in total. The molecule has 135 valence electrons. The zero-order valence-electron chi connectivity index (χ0n) is 15.7. The topological polar surface area (TPSA) is 38.8 Å². The molecular weight excluding hydrogens is 312 g/mol. The molecule has 0 saturated carbocycles. The van der Waals surface area contributed by atoms with Gasteiger partial charge in [-0.1, -0.05) is 32.0 Å². The second-order valence-corrected chi connectivity index (χ2v) is 8.65. The fraction of sp³-hybridized carbons (Fsp3) is 0.600. The molecular formula is C20H29N4O. The monoisotopic (exact) mass is 341 g/mol. The Bertz CT molecular complexity index is 688. The molecule has 2 bridgehead atoms. The second kappa shape index (κ2) is 5.71. The standard InChI is InChI=1S/C20H29N4O/c1-19(2)13-24(17-10-6-5-9-16(17)19)21-18(25)20-11-7-8-15(23(20)4)12-22(3)14-20/h5-7,9-10,15H,8,11-14H2,1-4H3,(H,21,25). The van der Waals surface area contributed by atoms with Crippen LogP contribution < -0.4 is 10.4 Å². The number of nitrogens with one attached hydrogen (secondary N) is 1. The highest BCUT2D eigenvalue weighted by Crippen LogP contribution is 2.40. The summed E-state index contributed by atoms with van der Waals surface area (Å²) in [5.41, 5.74) is 5.27. The van der Waals surface area contributed by atoms with Gasteiger partial charge in [0.05, 0.1) is 5.69 Å². The second-order valence-electron chi connectivity index (χ2n) is 8.65. The van der Waals surface area contributed by atoms with Gasteiger partial charge in [0.2, 0.25) is 0 Å². The summed E-state index contributed by atoms with van der Waals surface area (Å²) in [6.45, 7) is 7.09. The van der Waals surface area contributed by atoms with Crippen LogP contribution in [-0.2, 0) is 10.2 Å². The lowest BCUT2D eigenvalue weighted by Gasteiger charge is -2.54. The minimum atomic E-state index is -0.461. The Labute approximate surface area is 150 Å². The Morgan fingerprint density at radius 1 is 1.20 bits per heavy atom. The maximum atomic E-state index is 13.4. The number of amides is 1. The number of benzene rings is 1. The molecule has 1 radical (unpaired) electrons. The van der Waals surface area contributed by atoms with E-state index in [1.54, 1.807) is 0 Å². The molecule has 0 aromatic heterocycles. The van der Waals surface area contributed by atoms with Gasteiger partial charge in [0.15, 0.2) is 0 Å². The first-order chi connectivity index (χ1) is 11.8. The van der Waals surface area contributed by atoms with Gasteiger partial charge in [0.1, 0.15) is 5.54 Å². The summed E-state index contributed by atoms with van der Waals surface area (Å²) in [6, 6.07) is 8.83. The Morgan fingerprint density at radius 3 is 2.76 bits per heavy atom. The molecule has 3 aliphatic rings. The molecule has 2 saturated heterocycles. The van der Waals surface area contributed by atoms with Crippen LogP contribution in [0.2, 0.25) is 0 Å². The molecule has 1 N–H and O–H groups in total. The van der Waals surface area contributed by atoms with Gasteiger partial charge in [-0.05, 0) is 45.0 Å². The highest BCUT2D eigenvalue weighted by Gasteiger charge is 2.52. The van der Waals surface area contributed by atoms with Crippen LogP contribution in [0, 0.1) is 6.42 Å². The molecule has 2 fully saturated rings. The fourth-order valence-corrected chi connectivity index (χ4v) is 4.91. The summed E-state index contributed by atoms with van der Waals surface area (Å²) in [4.78, 5) is 18.0. The van der Waals surface area contributed by atoms with E-state index in [0.29, 0.717) is 6.04 Å². The van der Waals surface area contributed by atoms with Gasteiger partial charge in [-0.25, -0.2) is 0 Å². The summed E-state index contributed by atoms with van der Waals surface area (Å²) in [7, 11) is 4.24. The number of hydrazine groups is 1. The lowest BCUT2D eigenvalue weighted by Crippen LogP contribution is -2.73. The maximum Gasteiger partial charge on any atom is 0.260 e. The number of likely N-dealkylation sites (N-methyl/N-ethyl adjacent to an activating group) is 2. The molecule has 4 rings (SSSR count). The van der Waals surface area contributed by atoms with Crippen LogP contribution in [0.5, 0.6) is 0 Å². The first-order valence-corrected chi connectivity index (χ1v) is 9.25. The van der Waals surface area contributed by atoms with Crippen molar-refractivity contribution >= 4 is 11.6 Å². The average molecular weight is 341 g/mol. The molecule has 25 heavy (non-hydrogen) atoms. The number of likely N-dealkylation sites (tertiary alicyclic amines) is 1. The molecule has 1 amide bonds. The number of carbonyl (C=O) groups excluding carboxylic acids is 1. The normalized spacial score (nSPS) is 31.7. The third kappa shape index (κ3) is 2.56. The molecule has 1 aromatic carbocycles. The number of rotatable bonds is 2. The van der Waals surface area contributed by atoms with E-state index >= 15 is 0 Å². The highest BCUT2D eigenvalue weighted by atomic mass is 16.2.